The van der Waals surface area contributed by atoms with Gasteiger partial charge < -0.3 is 5.11 Å². The van der Waals surface area contributed by atoms with Crippen molar-refractivity contribution in [2.24, 2.45) is 0 Å². The minimum Gasteiger partial charge on any atom is -0.481 e. The van der Waals surface area contributed by atoms with Crippen LogP contribution >= 0.6 is 11.3 Å². The van der Waals surface area contributed by atoms with Crippen LogP contribution in [0.25, 0.3) is 10.2 Å². The highest BCUT2D eigenvalue weighted by Gasteiger charge is 2.02. The fourth-order valence-electron chi connectivity index (χ4n) is 1.18. The first-order valence-electron chi connectivity index (χ1n) is 3.79. The lowest BCUT2D eigenvalue weighted by Gasteiger charge is -1.95. The quantitative estimate of drug-likeness (QED) is 0.792. The number of carboxylic acid groups (broad SMARTS) is 1. The van der Waals surface area contributed by atoms with E-state index in [1.807, 2.05) is 12.1 Å². The third kappa shape index (κ3) is 1.67. The zero-order valence-electron chi connectivity index (χ0n) is 6.73. The zero-order chi connectivity index (χ0) is 9.26. The second-order valence-electron chi connectivity index (χ2n) is 2.72. The lowest BCUT2D eigenvalue weighted by molar-refractivity contribution is -0.136. The first-order chi connectivity index (χ1) is 6.25. The Morgan fingerprint density at radius 1 is 1.54 bits per heavy atom. The lowest BCUT2D eigenvalue weighted by Crippen LogP contribution is -1.99. The van der Waals surface area contributed by atoms with Crippen molar-refractivity contribution in [2.75, 3.05) is 0 Å². The molecule has 0 aliphatic carbocycles. The highest BCUT2D eigenvalue weighted by molar-refractivity contribution is 7.16. The molecule has 0 bridgehead atoms. The average Bonchev–Trinajstić information content (AvgIpc) is 2.49. The monoisotopic (exact) mass is 193 g/mol. The second kappa shape index (κ2) is 3.14. The summed E-state index contributed by atoms with van der Waals surface area (Å²) in [6, 6.07) is 5.53. The number of aliphatic carboxylic acids is 1. The number of benzene rings is 1. The number of carboxylic acids is 1. The lowest BCUT2D eigenvalue weighted by atomic mass is 10.1. The number of thiazole rings is 1. The zero-order valence-corrected chi connectivity index (χ0v) is 7.54. The summed E-state index contributed by atoms with van der Waals surface area (Å²) in [6.07, 6.45) is 0.0772. The Labute approximate surface area is 78.7 Å². The van der Waals surface area contributed by atoms with E-state index >= 15 is 0 Å². The number of nitrogens with zero attached hydrogens (tertiary/aromatic N) is 1. The van der Waals surface area contributed by atoms with Crippen LogP contribution in [0.4, 0.5) is 0 Å². The molecule has 66 valence electrons. The van der Waals surface area contributed by atoms with Crippen molar-refractivity contribution >= 4 is 27.5 Å². The molecule has 3 nitrogen and oxygen atoms in total. The van der Waals surface area contributed by atoms with Crippen LogP contribution in [0.2, 0.25) is 0 Å². The molecule has 0 saturated carbocycles. The van der Waals surface area contributed by atoms with Crippen LogP contribution in [-0.4, -0.2) is 16.1 Å². The van der Waals surface area contributed by atoms with Gasteiger partial charge in [-0.3, -0.25) is 4.79 Å². The maximum absolute atomic E-state index is 10.4. The molecule has 2 aromatic rings. The highest BCUT2D eigenvalue weighted by atomic mass is 32.1. The Bertz CT molecular complexity index is 450. The van der Waals surface area contributed by atoms with Crippen LogP contribution in [-0.2, 0) is 11.2 Å². The summed E-state index contributed by atoms with van der Waals surface area (Å²) in [4.78, 5) is 14.5. The molecule has 0 amide bonds. The number of rotatable bonds is 2. The molecule has 0 spiro atoms. The Balaban J connectivity index is 2.42. The number of carbonyl (C=O) groups is 1. The molecule has 4 heteroatoms. The van der Waals surface area contributed by atoms with E-state index in [0.717, 1.165) is 15.8 Å². The molecule has 0 aliphatic heterocycles. The van der Waals surface area contributed by atoms with Crippen molar-refractivity contribution in [1.29, 1.82) is 0 Å². The minimum atomic E-state index is -0.802. The molecule has 0 saturated heterocycles. The number of aromatic nitrogens is 1. The van der Waals surface area contributed by atoms with Gasteiger partial charge in [0.15, 0.2) is 0 Å². The predicted octanol–water partition coefficient (Wildman–Crippen LogP) is 1.92. The van der Waals surface area contributed by atoms with Gasteiger partial charge >= 0.3 is 5.97 Å². The average molecular weight is 193 g/mol. The van der Waals surface area contributed by atoms with E-state index in [4.69, 9.17) is 5.11 Å². The Morgan fingerprint density at radius 2 is 2.38 bits per heavy atom. The first kappa shape index (κ1) is 8.19. The number of hydrogen-bond acceptors (Lipinski definition) is 3. The minimum absolute atomic E-state index is 0.0772. The normalized spacial score (nSPS) is 10.5. The standard InChI is InChI=1S/C9H7NO2S/c11-9(12)4-6-1-2-7-8(3-6)13-5-10-7/h1-3,5H,4H2,(H,11,12). The number of hydrogen-bond donors (Lipinski definition) is 1. The van der Waals surface area contributed by atoms with Crippen LogP contribution < -0.4 is 0 Å². The predicted molar refractivity (Wildman–Crippen MR) is 51.0 cm³/mol. The van der Waals surface area contributed by atoms with Gasteiger partial charge in [-0.15, -0.1) is 11.3 Å². The summed E-state index contributed by atoms with van der Waals surface area (Å²) >= 11 is 1.52. The van der Waals surface area contributed by atoms with E-state index in [-0.39, 0.29) is 6.42 Å². The summed E-state index contributed by atoms with van der Waals surface area (Å²) in [5, 5.41) is 8.58. The maximum atomic E-state index is 10.4. The maximum Gasteiger partial charge on any atom is 0.307 e. The Morgan fingerprint density at radius 3 is 3.15 bits per heavy atom. The van der Waals surface area contributed by atoms with Gasteiger partial charge in [0.2, 0.25) is 0 Å². The molecule has 0 atom stereocenters. The van der Waals surface area contributed by atoms with Crippen molar-refractivity contribution in [3.05, 3.63) is 29.3 Å². The van der Waals surface area contributed by atoms with E-state index in [0.29, 0.717) is 0 Å². The Hall–Kier alpha value is -1.42. The smallest absolute Gasteiger partial charge is 0.307 e. The van der Waals surface area contributed by atoms with E-state index < -0.39 is 5.97 Å². The van der Waals surface area contributed by atoms with Gasteiger partial charge in [0.05, 0.1) is 22.1 Å². The van der Waals surface area contributed by atoms with Gasteiger partial charge in [0.1, 0.15) is 0 Å². The van der Waals surface area contributed by atoms with Gasteiger partial charge in [0, 0.05) is 0 Å². The summed E-state index contributed by atoms with van der Waals surface area (Å²) in [5.41, 5.74) is 3.51. The van der Waals surface area contributed by atoms with E-state index in [1.54, 1.807) is 11.6 Å². The molecule has 1 aromatic carbocycles. The van der Waals surface area contributed by atoms with Crippen LogP contribution in [0.1, 0.15) is 5.56 Å². The van der Waals surface area contributed by atoms with Crippen LogP contribution in [0, 0.1) is 0 Å². The molecular formula is C9H7NO2S. The fraction of sp³-hybridized carbons (Fsp3) is 0.111. The van der Waals surface area contributed by atoms with E-state index in [9.17, 15) is 4.79 Å². The molecule has 1 N–H and O–H groups in total. The van der Waals surface area contributed by atoms with Crippen LogP contribution in [0.15, 0.2) is 23.7 Å². The van der Waals surface area contributed by atoms with Crippen molar-refractivity contribution < 1.29 is 9.90 Å². The third-order valence-electron chi connectivity index (χ3n) is 1.75. The van der Waals surface area contributed by atoms with Crippen LogP contribution in [0.3, 0.4) is 0 Å². The first-order valence-corrected chi connectivity index (χ1v) is 4.67. The highest BCUT2D eigenvalue weighted by Crippen LogP contribution is 2.19. The van der Waals surface area contributed by atoms with Crippen molar-refractivity contribution in [2.45, 2.75) is 6.42 Å². The van der Waals surface area contributed by atoms with Crippen molar-refractivity contribution in [1.82, 2.24) is 4.98 Å². The van der Waals surface area contributed by atoms with Crippen molar-refractivity contribution in [3.63, 3.8) is 0 Å². The van der Waals surface area contributed by atoms with Gasteiger partial charge in [-0.2, -0.15) is 0 Å². The SMILES string of the molecule is O=C(O)Cc1ccc2ncsc2c1. The Kier molecular flexibility index (Phi) is 1.98. The van der Waals surface area contributed by atoms with Crippen molar-refractivity contribution in [3.8, 4) is 0 Å². The third-order valence-corrected chi connectivity index (χ3v) is 2.54. The number of fused-ring (bicyclic) bond motifs is 1. The fourth-order valence-corrected chi connectivity index (χ4v) is 1.92. The van der Waals surface area contributed by atoms with Gasteiger partial charge in [-0.1, -0.05) is 6.07 Å². The molecule has 1 heterocycles. The summed E-state index contributed by atoms with van der Waals surface area (Å²) in [5.74, 6) is -0.802. The van der Waals surface area contributed by atoms with Crippen LogP contribution in [0.5, 0.6) is 0 Å². The summed E-state index contributed by atoms with van der Waals surface area (Å²) in [7, 11) is 0. The van der Waals surface area contributed by atoms with Gasteiger partial charge in [-0.25, -0.2) is 4.98 Å². The molecule has 0 radical (unpaired) electrons. The van der Waals surface area contributed by atoms with Gasteiger partial charge in [-0.05, 0) is 17.7 Å². The molecule has 0 fully saturated rings. The molecule has 2 rings (SSSR count). The molecular weight excluding hydrogens is 186 g/mol. The largest absolute Gasteiger partial charge is 0.481 e. The van der Waals surface area contributed by atoms with E-state index in [1.165, 1.54) is 11.3 Å². The molecule has 0 aliphatic rings. The van der Waals surface area contributed by atoms with Gasteiger partial charge in [0.25, 0.3) is 0 Å². The van der Waals surface area contributed by atoms with E-state index in [2.05, 4.69) is 4.98 Å². The molecule has 13 heavy (non-hydrogen) atoms. The molecule has 0 unspecified atom stereocenters. The molecule has 1 aromatic heterocycles. The summed E-state index contributed by atoms with van der Waals surface area (Å²) < 4.78 is 1.04. The topological polar surface area (TPSA) is 50.2 Å². The second-order valence-corrected chi connectivity index (χ2v) is 3.61. The summed E-state index contributed by atoms with van der Waals surface area (Å²) in [6.45, 7) is 0.